The predicted octanol–water partition coefficient (Wildman–Crippen LogP) is 1.45. The molecular formula is C9H14N2O. The van der Waals surface area contributed by atoms with Gasteiger partial charge in [0.25, 0.3) is 0 Å². The van der Waals surface area contributed by atoms with E-state index >= 15 is 0 Å². The number of nitrogens with one attached hydrogen (secondary N) is 2. The van der Waals surface area contributed by atoms with Gasteiger partial charge in [-0.05, 0) is 19.4 Å². The van der Waals surface area contributed by atoms with Crippen LogP contribution in [0.5, 0.6) is 5.75 Å². The van der Waals surface area contributed by atoms with Crippen LogP contribution in [0, 0.1) is 0 Å². The quantitative estimate of drug-likeness (QED) is 0.697. The number of ether oxygens (including phenoxy) is 1. The van der Waals surface area contributed by atoms with Crippen molar-refractivity contribution in [3.05, 3.63) is 18.0 Å². The fourth-order valence-corrected chi connectivity index (χ4v) is 1.66. The summed E-state index contributed by atoms with van der Waals surface area (Å²) in [6, 6.07) is 2.57. The second kappa shape index (κ2) is 3.19. The van der Waals surface area contributed by atoms with Gasteiger partial charge in [0.1, 0.15) is 5.75 Å². The molecule has 1 fully saturated rings. The van der Waals surface area contributed by atoms with Crippen LogP contribution in [-0.4, -0.2) is 18.6 Å². The van der Waals surface area contributed by atoms with E-state index in [1.54, 1.807) is 7.11 Å². The van der Waals surface area contributed by atoms with Gasteiger partial charge in [0.2, 0.25) is 0 Å². The van der Waals surface area contributed by atoms with Gasteiger partial charge in [-0.15, -0.1) is 0 Å². The lowest BCUT2D eigenvalue weighted by Crippen LogP contribution is -2.12. The molecule has 12 heavy (non-hydrogen) atoms. The van der Waals surface area contributed by atoms with E-state index in [1.165, 1.54) is 18.5 Å². The lowest BCUT2D eigenvalue weighted by molar-refractivity contribution is 0.415. The molecule has 66 valence electrons. The Bertz CT molecular complexity index is 251. The molecule has 0 amide bonds. The third-order valence-corrected chi connectivity index (χ3v) is 2.35. The smallest absolute Gasteiger partial charge is 0.136 e. The summed E-state index contributed by atoms with van der Waals surface area (Å²) in [4.78, 5) is 3.21. The molecule has 0 spiro atoms. The number of rotatable bonds is 2. The molecule has 2 rings (SSSR count). The topological polar surface area (TPSA) is 37.0 Å². The fraction of sp³-hybridized carbons (Fsp3) is 0.556. The zero-order chi connectivity index (χ0) is 8.39. The van der Waals surface area contributed by atoms with Gasteiger partial charge in [-0.2, -0.15) is 0 Å². The molecule has 0 bridgehead atoms. The number of methoxy groups -OCH3 is 1. The van der Waals surface area contributed by atoms with Crippen LogP contribution in [0.25, 0.3) is 0 Å². The minimum atomic E-state index is 0.508. The molecule has 0 saturated carbocycles. The summed E-state index contributed by atoms with van der Waals surface area (Å²) < 4.78 is 5.10. The number of hydrogen-bond donors (Lipinski definition) is 2. The lowest BCUT2D eigenvalue weighted by Gasteiger charge is -2.05. The maximum Gasteiger partial charge on any atom is 0.136 e. The first-order valence-electron chi connectivity index (χ1n) is 4.36. The Kier molecular flexibility index (Phi) is 2.04. The summed E-state index contributed by atoms with van der Waals surface area (Å²) in [7, 11) is 1.69. The average Bonchev–Trinajstić information content (AvgIpc) is 2.75. The van der Waals surface area contributed by atoms with Gasteiger partial charge in [-0.1, -0.05) is 0 Å². The molecule has 2 heterocycles. The molecule has 1 aromatic heterocycles. The van der Waals surface area contributed by atoms with E-state index < -0.39 is 0 Å². The van der Waals surface area contributed by atoms with Crippen LogP contribution in [0.1, 0.15) is 24.6 Å². The Morgan fingerprint density at radius 2 is 2.50 bits per heavy atom. The molecule has 1 aromatic rings. The van der Waals surface area contributed by atoms with E-state index in [0.717, 1.165) is 12.3 Å². The molecule has 0 aliphatic carbocycles. The summed E-state index contributed by atoms with van der Waals surface area (Å²) in [6.07, 6.45) is 4.39. The molecular weight excluding hydrogens is 152 g/mol. The molecule has 3 heteroatoms. The maximum atomic E-state index is 5.10. The highest BCUT2D eigenvalue weighted by molar-refractivity contribution is 5.25. The Morgan fingerprint density at radius 3 is 3.08 bits per heavy atom. The molecule has 0 unspecified atom stereocenters. The van der Waals surface area contributed by atoms with Crippen molar-refractivity contribution >= 4 is 0 Å². The van der Waals surface area contributed by atoms with Crippen LogP contribution in [0.2, 0.25) is 0 Å². The van der Waals surface area contributed by atoms with Crippen molar-refractivity contribution in [2.24, 2.45) is 0 Å². The number of H-pyrrole nitrogens is 1. The monoisotopic (exact) mass is 166 g/mol. The highest BCUT2D eigenvalue weighted by Gasteiger charge is 2.17. The van der Waals surface area contributed by atoms with Crippen molar-refractivity contribution < 1.29 is 4.74 Å². The second-order valence-electron chi connectivity index (χ2n) is 3.14. The van der Waals surface area contributed by atoms with Gasteiger partial charge in [0.15, 0.2) is 0 Å². The summed E-state index contributed by atoms with van der Waals surface area (Å²) in [5, 5.41) is 3.42. The van der Waals surface area contributed by atoms with E-state index in [0.29, 0.717) is 6.04 Å². The Labute approximate surface area is 72.1 Å². The Hall–Kier alpha value is -0.960. The van der Waals surface area contributed by atoms with Crippen molar-refractivity contribution in [3.8, 4) is 5.75 Å². The molecule has 0 radical (unpaired) electrons. The first kappa shape index (κ1) is 7.68. The van der Waals surface area contributed by atoms with E-state index in [4.69, 9.17) is 4.74 Å². The van der Waals surface area contributed by atoms with E-state index in [1.807, 2.05) is 6.20 Å². The minimum Gasteiger partial charge on any atom is -0.495 e. The summed E-state index contributed by atoms with van der Waals surface area (Å²) >= 11 is 0. The van der Waals surface area contributed by atoms with Crippen molar-refractivity contribution in [1.82, 2.24) is 10.3 Å². The van der Waals surface area contributed by atoms with Gasteiger partial charge in [-0.3, -0.25) is 0 Å². The normalized spacial score (nSPS) is 22.9. The fourth-order valence-electron chi connectivity index (χ4n) is 1.66. The minimum absolute atomic E-state index is 0.508. The second-order valence-corrected chi connectivity index (χ2v) is 3.14. The van der Waals surface area contributed by atoms with Gasteiger partial charge in [0, 0.05) is 24.0 Å². The SMILES string of the molecule is COc1c[nH]c([C@@H]2CCCN2)c1. The molecule has 1 aliphatic heterocycles. The van der Waals surface area contributed by atoms with E-state index in [-0.39, 0.29) is 0 Å². The standard InChI is InChI=1S/C9H14N2O/c1-12-7-5-9(11-6-7)8-3-2-4-10-8/h5-6,8,10-11H,2-4H2,1H3/t8-/m0/s1. The third-order valence-electron chi connectivity index (χ3n) is 2.35. The zero-order valence-electron chi connectivity index (χ0n) is 7.26. The Balaban J connectivity index is 2.11. The first-order chi connectivity index (χ1) is 5.90. The molecule has 3 nitrogen and oxygen atoms in total. The molecule has 0 aromatic carbocycles. The van der Waals surface area contributed by atoms with Crippen molar-refractivity contribution in [2.75, 3.05) is 13.7 Å². The summed E-state index contributed by atoms with van der Waals surface area (Å²) in [6.45, 7) is 1.13. The van der Waals surface area contributed by atoms with Crippen LogP contribution in [0.4, 0.5) is 0 Å². The van der Waals surface area contributed by atoms with E-state index in [9.17, 15) is 0 Å². The van der Waals surface area contributed by atoms with Crippen LogP contribution in [-0.2, 0) is 0 Å². The largest absolute Gasteiger partial charge is 0.495 e. The van der Waals surface area contributed by atoms with Crippen LogP contribution < -0.4 is 10.1 Å². The van der Waals surface area contributed by atoms with Crippen molar-refractivity contribution in [2.45, 2.75) is 18.9 Å². The molecule has 1 atom stereocenters. The van der Waals surface area contributed by atoms with Crippen molar-refractivity contribution in [3.63, 3.8) is 0 Å². The molecule has 1 aliphatic rings. The third kappa shape index (κ3) is 1.32. The molecule has 2 N–H and O–H groups in total. The number of aromatic amines is 1. The van der Waals surface area contributed by atoms with Crippen LogP contribution in [0.3, 0.4) is 0 Å². The van der Waals surface area contributed by atoms with Gasteiger partial charge in [0.05, 0.1) is 7.11 Å². The van der Waals surface area contributed by atoms with Gasteiger partial charge in [-0.25, -0.2) is 0 Å². The number of hydrogen-bond acceptors (Lipinski definition) is 2. The number of aromatic nitrogens is 1. The van der Waals surface area contributed by atoms with Gasteiger partial charge >= 0.3 is 0 Å². The zero-order valence-corrected chi connectivity index (χ0v) is 7.26. The first-order valence-corrected chi connectivity index (χ1v) is 4.36. The molecule has 1 saturated heterocycles. The predicted molar refractivity (Wildman–Crippen MR) is 47.3 cm³/mol. The highest BCUT2D eigenvalue weighted by atomic mass is 16.5. The van der Waals surface area contributed by atoms with Crippen LogP contribution >= 0.6 is 0 Å². The lowest BCUT2D eigenvalue weighted by atomic mass is 10.2. The van der Waals surface area contributed by atoms with Crippen molar-refractivity contribution in [1.29, 1.82) is 0 Å². The van der Waals surface area contributed by atoms with Gasteiger partial charge < -0.3 is 15.0 Å². The summed E-state index contributed by atoms with van der Waals surface area (Å²) in [5.74, 6) is 0.915. The highest BCUT2D eigenvalue weighted by Crippen LogP contribution is 2.24. The summed E-state index contributed by atoms with van der Waals surface area (Å²) in [5.41, 5.74) is 1.24. The van der Waals surface area contributed by atoms with Crippen LogP contribution in [0.15, 0.2) is 12.3 Å². The average molecular weight is 166 g/mol. The maximum absolute atomic E-state index is 5.10. The van der Waals surface area contributed by atoms with E-state index in [2.05, 4.69) is 16.4 Å². The Morgan fingerprint density at radius 1 is 1.58 bits per heavy atom.